The van der Waals surface area contributed by atoms with E-state index in [1.54, 1.807) is 18.2 Å². The lowest BCUT2D eigenvalue weighted by molar-refractivity contribution is -0.0382. The van der Waals surface area contributed by atoms with E-state index in [9.17, 15) is 18.6 Å². The molecule has 1 aliphatic rings. The van der Waals surface area contributed by atoms with Crippen LogP contribution >= 0.6 is 0 Å². The van der Waals surface area contributed by atoms with Crippen molar-refractivity contribution >= 4 is 10.0 Å². The van der Waals surface area contributed by atoms with Crippen molar-refractivity contribution in [2.45, 2.75) is 43.8 Å². The number of ether oxygens (including phenoxy) is 1. The highest BCUT2D eigenvalue weighted by atomic mass is 32.2. The van der Waals surface area contributed by atoms with Gasteiger partial charge in [-0.15, -0.1) is 0 Å². The number of nitrogens with one attached hydrogen (secondary N) is 1. The van der Waals surface area contributed by atoms with E-state index >= 15 is 0 Å². The number of hydrogen-bond acceptors (Lipinski definition) is 6. The average molecular weight is 449 g/mol. The highest BCUT2D eigenvalue weighted by Crippen LogP contribution is 2.27. The Bertz CT molecular complexity index is 997. The summed E-state index contributed by atoms with van der Waals surface area (Å²) in [5.41, 5.74) is 1.94. The zero-order chi connectivity index (χ0) is 22.6. The van der Waals surface area contributed by atoms with Crippen LogP contribution < -0.4 is 10.1 Å². The molecule has 0 unspecified atom stereocenters. The van der Waals surface area contributed by atoms with Crippen LogP contribution in [0, 0.1) is 20.8 Å². The molecule has 0 amide bonds. The number of aliphatic hydroxyl groups excluding tert-OH is 1. The summed E-state index contributed by atoms with van der Waals surface area (Å²) >= 11 is 0. The summed E-state index contributed by atoms with van der Waals surface area (Å²) in [4.78, 5) is 0.151. The summed E-state index contributed by atoms with van der Waals surface area (Å²) < 4.78 is 32.5. The van der Waals surface area contributed by atoms with Crippen LogP contribution in [0.5, 0.6) is 5.75 Å². The van der Waals surface area contributed by atoms with E-state index in [0.29, 0.717) is 19.6 Å². The van der Waals surface area contributed by atoms with Gasteiger partial charge in [-0.3, -0.25) is 0 Å². The Morgan fingerprint density at radius 3 is 2.61 bits per heavy atom. The van der Waals surface area contributed by atoms with E-state index in [1.165, 1.54) is 17.7 Å². The fourth-order valence-electron chi connectivity index (χ4n) is 3.77. The lowest BCUT2D eigenvalue weighted by Gasteiger charge is -2.26. The maximum Gasteiger partial charge on any atom is 0.243 e. The molecular formula is C23H32N2O5S. The van der Waals surface area contributed by atoms with Crippen LogP contribution in [0.15, 0.2) is 47.4 Å². The zero-order valence-corrected chi connectivity index (χ0v) is 19.2. The molecule has 0 bridgehead atoms. The molecule has 2 atom stereocenters. The maximum absolute atomic E-state index is 12.8. The molecule has 31 heavy (non-hydrogen) atoms. The predicted molar refractivity (Wildman–Crippen MR) is 120 cm³/mol. The van der Waals surface area contributed by atoms with Crippen molar-refractivity contribution in [3.8, 4) is 5.75 Å². The molecule has 2 aromatic rings. The zero-order valence-electron chi connectivity index (χ0n) is 18.3. The van der Waals surface area contributed by atoms with E-state index < -0.39 is 21.7 Å². The summed E-state index contributed by atoms with van der Waals surface area (Å²) in [6, 6.07) is 12.2. The van der Waals surface area contributed by atoms with Gasteiger partial charge < -0.3 is 20.3 Å². The second-order valence-electron chi connectivity index (χ2n) is 8.31. The van der Waals surface area contributed by atoms with Crippen molar-refractivity contribution in [3.63, 3.8) is 0 Å². The molecule has 0 aliphatic carbocycles. The lowest BCUT2D eigenvalue weighted by Crippen LogP contribution is -2.50. The minimum Gasteiger partial charge on any atom is -0.493 e. The molecule has 2 aromatic carbocycles. The van der Waals surface area contributed by atoms with Gasteiger partial charge in [-0.05, 0) is 68.6 Å². The minimum atomic E-state index is -3.76. The molecule has 170 valence electrons. The fraction of sp³-hybridized carbons (Fsp3) is 0.478. The molecule has 1 heterocycles. The second-order valence-corrected chi connectivity index (χ2v) is 10.3. The van der Waals surface area contributed by atoms with Crippen LogP contribution in [0.25, 0.3) is 0 Å². The van der Waals surface area contributed by atoms with Crippen molar-refractivity contribution in [2.75, 3.05) is 32.8 Å². The van der Waals surface area contributed by atoms with Gasteiger partial charge in [-0.2, -0.15) is 4.31 Å². The number of β-amino-alcohol motifs (C(OH)–C–C–N with tert-alkyl or cyclic N) is 2. The number of sulfonamides is 1. The van der Waals surface area contributed by atoms with Gasteiger partial charge in [0.15, 0.2) is 0 Å². The van der Waals surface area contributed by atoms with Gasteiger partial charge in [-0.25, -0.2) is 8.42 Å². The van der Waals surface area contributed by atoms with Gasteiger partial charge >= 0.3 is 0 Å². The first-order chi connectivity index (χ1) is 14.6. The lowest BCUT2D eigenvalue weighted by atomic mass is 10.0. The number of hydrogen-bond donors (Lipinski definition) is 3. The van der Waals surface area contributed by atoms with Crippen LogP contribution in [0.4, 0.5) is 0 Å². The second kappa shape index (κ2) is 9.67. The maximum atomic E-state index is 12.8. The van der Waals surface area contributed by atoms with E-state index in [1.807, 2.05) is 19.9 Å². The molecule has 3 N–H and O–H groups in total. The van der Waals surface area contributed by atoms with Crippen LogP contribution in [0.3, 0.4) is 0 Å². The number of aryl methyl sites for hydroxylation is 2. The highest BCUT2D eigenvalue weighted by Gasteiger charge is 2.48. The Labute approximate surface area is 184 Å². The SMILES string of the molecule is Cc1cc(C)c(C)c(OCCCNC[C@]2(O)CN(S(=O)(=O)c3ccccc3)C[C@H]2O)c1. The third kappa shape index (κ3) is 5.45. The van der Waals surface area contributed by atoms with Gasteiger partial charge in [0.25, 0.3) is 0 Å². The van der Waals surface area contributed by atoms with Gasteiger partial charge in [0, 0.05) is 19.6 Å². The van der Waals surface area contributed by atoms with E-state index in [4.69, 9.17) is 4.74 Å². The standard InChI is InChI=1S/C23H32N2O5S/c1-17-12-18(2)19(3)21(13-17)30-11-7-10-24-15-23(27)16-25(14-22(23)26)31(28,29)20-8-5-4-6-9-20/h4-6,8-9,12-13,22,24,26-27H,7,10-11,14-16H2,1-3H3/t22-,23+/m1/s1. The normalized spacial score (nSPS) is 22.0. The topological polar surface area (TPSA) is 99.1 Å². The predicted octanol–water partition coefficient (Wildman–Crippen LogP) is 1.77. The Hall–Kier alpha value is -1.97. The van der Waals surface area contributed by atoms with Crippen molar-refractivity contribution in [2.24, 2.45) is 0 Å². The minimum absolute atomic E-state index is 0.0948. The molecule has 8 heteroatoms. The summed E-state index contributed by atoms with van der Waals surface area (Å²) in [5, 5.41) is 24.3. The highest BCUT2D eigenvalue weighted by molar-refractivity contribution is 7.89. The Kier molecular flexibility index (Phi) is 7.39. The Balaban J connectivity index is 1.47. The third-order valence-electron chi connectivity index (χ3n) is 5.78. The first-order valence-corrected chi connectivity index (χ1v) is 11.9. The molecule has 0 spiro atoms. The number of benzene rings is 2. The summed E-state index contributed by atoms with van der Waals surface area (Å²) in [6.45, 7) is 7.03. The molecular weight excluding hydrogens is 416 g/mol. The van der Waals surface area contributed by atoms with E-state index in [-0.39, 0.29) is 24.5 Å². The number of aliphatic hydroxyl groups is 2. The summed E-state index contributed by atoms with van der Waals surface area (Å²) in [5.74, 6) is 0.879. The number of rotatable bonds is 9. The van der Waals surface area contributed by atoms with E-state index in [2.05, 4.69) is 18.3 Å². The molecule has 0 radical (unpaired) electrons. The smallest absolute Gasteiger partial charge is 0.243 e. The quantitative estimate of drug-likeness (QED) is 0.506. The molecule has 1 aliphatic heterocycles. The van der Waals surface area contributed by atoms with Crippen molar-refractivity contribution < 1.29 is 23.4 Å². The largest absolute Gasteiger partial charge is 0.493 e. The molecule has 1 fully saturated rings. The van der Waals surface area contributed by atoms with Crippen LogP contribution in [-0.4, -0.2) is 67.4 Å². The van der Waals surface area contributed by atoms with Crippen LogP contribution in [-0.2, 0) is 10.0 Å². The Morgan fingerprint density at radius 1 is 1.19 bits per heavy atom. The van der Waals surface area contributed by atoms with Crippen molar-refractivity contribution in [1.82, 2.24) is 9.62 Å². The first kappa shape index (κ1) is 23.7. The van der Waals surface area contributed by atoms with Gasteiger partial charge in [0.1, 0.15) is 11.4 Å². The summed E-state index contributed by atoms with van der Waals surface area (Å²) in [6.07, 6.45) is -0.447. The molecule has 0 saturated carbocycles. The van der Waals surface area contributed by atoms with Gasteiger partial charge in [0.2, 0.25) is 10.0 Å². The monoisotopic (exact) mass is 448 g/mol. The number of nitrogens with zero attached hydrogens (tertiary/aromatic N) is 1. The molecule has 0 aromatic heterocycles. The van der Waals surface area contributed by atoms with Crippen molar-refractivity contribution in [3.05, 3.63) is 59.2 Å². The van der Waals surface area contributed by atoms with Crippen LogP contribution in [0.2, 0.25) is 0 Å². The van der Waals surface area contributed by atoms with E-state index in [0.717, 1.165) is 21.2 Å². The van der Waals surface area contributed by atoms with Crippen LogP contribution in [0.1, 0.15) is 23.1 Å². The molecule has 7 nitrogen and oxygen atoms in total. The van der Waals surface area contributed by atoms with Gasteiger partial charge in [0.05, 0.1) is 17.6 Å². The Morgan fingerprint density at radius 2 is 1.90 bits per heavy atom. The van der Waals surface area contributed by atoms with Crippen molar-refractivity contribution in [1.29, 1.82) is 0 Å². The fourth-order valence-corrected chi connectivity index (χ4v) is 5.30. The van der Waals surface area contributed by atoms with Gasteiger partial charge in [-0.1, -0.05) is 24.3 Å². The third-order valence-corrected chi connectivity index (χ3v) is 7.60. The summed E-state index contributed by atoms with van der Waals surface area (Å²) in [7, 11) is -3.76. The average Bonchev–Trinajstić information content (AvgIpc) is 3.04. The molecule has 1 saturated heterocycles. The first-order valence-electron chi connectivity index (χ1n) is 10.5. The molecule has 3 rings (SSSR count).